The summed E-state index contributed by atoms with van der Waals surface area (Å²) < 4.78 is 0. The Morgan fingerprint density at radius 1 is 1.06 bits per heavy atom. The second kappa shape index (κ2) is 7.82. The van der Waals surface area contributed by atoms with Gasteiger partial charge in [-0.05, 0) is 49.4 Å². The lowest BCUT2D eigenvalue weighted by atomic mass is 9.42. The summed E-state index contributed by atoms with van der Waals surface area (Å²) in [6.45, 7) is 9.18. The fraction of sp³-hybridized carbons (Fsp3) is 0.778. The predicted octanol–water partition coefficient (Wildman–Crippen LogP) is 3.11. The largest absolute Gasteiger partial charge is 0.481 e. The van der Waals surface area contributed by atoms with Gasteiger partial charge in [-0.3, -0.25) is 19.2 Å². The lowest BCUT2D eigenvalue weighted by Gasteiger charge is -2.60. The van der Waals surface area contributed by atoms with Crippen LogP contribution < -0.4 is 0 Å². The summed E-state index contributed by atoms with van der Waals surface area (Å²) in [5.41, 5.74) is -2.65. The predicted molar refractivity (Wildman–Crippen MR) is 124 cm³/mol. The maximum atomic E-state index is 13.9. The van der Waals surface area contributed by atoms with E-state index in [-0.39, 0.29) is 61.5 Å². The summed E-state index contributed by atoms with van der Waals surface area (Å²) in [6, 6.07) is 0. The van der Waals surface area contributed by atoms with Crippen molar-refractivity contribution in [3.8, 4) is 0 Å². The molecule has 0 saturated heterocycles. The molecule has 34 heavy (non-hydrogen) atoms. The lowest BCUT2D eigenvalue weighted by Crippen LogP contribution is -2.61. The van der Waals surface area contributed by atoms with Crippen LogP contribution in [0, 0.1) is 39.4 Å². The lowest BCUT2D eigenvalue weighted by molar-refractivity contribution is -0.152. The number of aliphatic carboxylic acids is 1. The van der Waals surface area contributed by atoms with Gasteiger partial charge in [0.15, 0.2) is 11.6 Å². The maximum absolute atomic E-state index is 13.9. The van der Waals surface area contributed by atoms with Gasteiger partial charge in [-0.1, -0.05) is 27.7 Å². The highest BCUT2D eigenvalue weighted by molar-refractivity contribution is 6.16. The van der Waals surface area contributed by atoms with E-state index >= 15 is 0 Å². The molecule has 188 valence electrons. The molecule has 0 unspecified atom stereocenters. The summed E-state index contributed by atoms with van der Waals surface area (Å²) in [4.78, 5) is 52.6. The van der Waals surface area contributed by atoms with E-state index in [1.165, 1.54) is 0 Å². The number of rotatable bonds is 5. The minimum absolute atomic E-state index is 0.00128. The SMILES string of the molecule is C[C@H](CCC(=O)O)[C@H]1CC(=O)[C@@]2(C)C3=C(C(=O)C[C@]12C)[C@@]1(C)CC[C@H](O)[C@@](C)(CO)[C@@H]1CC3=O. The van der Waals surface area contributed by atoms with Gasteiger partial charge < -0.3 is 15.3 Å². The van der Waals surface area contributed by atoms with Crippen molar-refractivity contribution in [3.63, 3.8) is 0 Å². The number of carboxylic acid groups (broad SMARTS) is 1. The number of carbonyl (C=O) groups is 4. The quantitative estimate of drug-likeness (QED) is 0.558. The van der Waals surface area contributed by atoms with Crippen molar-refractivity contribution < 1.29 is 34.5 Å². The molecule has 0 aromatic rings. The van der Waals surface area contributed by atoms with E-state index in [4.69, 9.17) is 5.11 Å². The topological polar surface area (TPSA) is 129 Å². The van der Waals surface area contributed by atoms with Crippen LogP contribution >= 0.6 is 0 Å². The van der Waals surface area contributed by atoms with Gasteiger partial charge in [0.2, 0.25) is 0 Å². The third kappa shape index (κ3) is 3.01. The smallest absolute Gasteiger partial charge is 0.303 e. The Morgan fingerprint density at radius 3 is 2.29 bits per heavy atom. The van der Waals surface area contributed by atoms with Gasteiger partial charge in [0, 0.05) is 47.7 Å². The maximum Gasteiger partial charge on any atom is 0.303 e. The molecule has 7 nitrogen and oxygen atoms in total. The average Bonchev–Trinajstić information content (AvgIpc) is 2.97. The second-order valence-electron chi connectivity index (χ2n) is 12.4. The standard InChI is InChI=1S/C27H38O7/c1-14(6-7-21(33)34)15-10-20(32)27(5)23-16(29)11-18-24(2,9-8-19(31)25(18,3)13-28)22(23)17(30)12-26(15,27)4/h14-15,18-19,28,31H,6-13H2,1-5H3,(H,33,34)/t14-,15-,18-,19+,24+,25+,26-,27+/m1/s1. The van der Waals surface area contributed by atoms with Gasteiger partial charge in [0.05, 0.1) is 18.1 Å². The number of carbonyl (C=O) groups excluding carboxylic acids is 3. The number of aliphatic hydroxyl groups excluding tert-OH is 2. The first-order valence-corrected chi connectivity index (χ1v) is 12.5. The summed E-state index contributed by atoms with van der Waals surface area (Å²) in [5.74, 6) is -1.92. The van der Waals surface area contributed by atoms with Gasteiger partial charge in [-0.2, -0.15) is 0 Å². The van der Waals surface area contributed by atoms with Crippen molar-refractivity contribution >= 4 is 23.3 Å². The van der Waals surface area contributed by atoms with E-state index in [1.54, 1.807) is 6.92 Å². The Morgan fingerprint density at radius 2 is 1.71 bits per heavy atom. The zero-order valence-electron chi connectivity index (χ0n) is 20.9. The van der Waals surface area contributed by atoms with Crippen LogP contribution in [0.5, 0.6) is 0 Å². The monoisotopic (exact) mass is 474 g/mol. The van der Waals surface area contributed by atoms with E-state index in [0.29, 0.717) is 30.4 Å². The molecule has 2 fully saturated rings. The summed E-state index contributed by atoms with van der Waals surface area (Å²) in [6.07, 6.45) is 1.06. The molecule has 0 bridgehead atoms. The van der Waals surface area contributed by atoms with Crippen LogP contribution in [0.25, 0.3) is 0 Å². The molecule has 4 rings (SSSR count). The Bertz CT molecular complexity index is 997. The molecule has 0 amide bonds. The minimum Gasteiger partial charge on any atom is -0.481 e. The van der Waals surface area contributed by atoms with Crippen molar-refractivity contribution in [3.05, 3.63) is 11.1 Å². The molecule has 0 spiro atoms. The molecule has 0 heterocycles. The fourth-order valence-corrected chi connectivity index (χ4v) is 8.43. The Balaban J connectivity index is 1.86. The van der Waals surface area contributed by atoms with Crippen LogP contribution in [-0.2, 0) is 19.2 Å². The third-order valence-electron chi connectivity index (χ3n) is 10.8. The first kappa shape index (κ1) is 25.2. The molecule has 7 heteroatoms. The number of fused-ring (bicyclic) bond motifs is 4. The van der Waals surface area contributed by atoms with Crippen LogP contribution in [-0.4, -0.2) is 51.3 Å². The number of Topliss-reactive ketones (excluding diaryl/α,β-unsaturated/α-hetero) is 3. The van der Waals surface area contributed by atoms with Crippen LogP contribution in [0.4, 0.5) is 0 Å². The number of hydrogen-bond acceptors (Lipinski definition) is 6. The molecule has 8 atom stereocenters. The van der Waals surface area contributed by atoms with E-state index in [0.717, 1.165) is 0 Å². The van der Waals surface area contributed by atoms with E-state index in [2.05, 4.69) is 0 Å². The Labute approximate surface area is 201 Å². The molecule has 0 aliphatic heterocycles. The van der Waals surface area contributed by atoms with Gasteiger partial charge in [0.25, 0.3) is 0 Å². The zero-order chi connectivity index (χ0) is 25.4. The minimum atomic E-state index is -1.10. The number of ketones is 3. The van der Waals surface area contributed by atoms with Crippen LogP contribution in [0.2, 0.25) is 0 Å². The molecule has 3 N–H and O–H groups in total. The first-order chi connectivity index (χ1) is 15.7. The number of allylic oxidation sites excluding steroid dienone is 2. The van der Waals surface area contributed by atoms with Crippen LogP contribution in [0.1, 0.15) is 79.6 Å². The summed E-state index contributed by atoms with van der Waals surface area (Å²) in [5, 5.41) is 30.1. The van der Waals surface area contributed by atoms with Gasteiger partial charge in [0.1, 0.15) is 5.78 Å². The number of hydrogen-bond donors (Lipinski definition) is 3. The van der Waals surface area contributed by atoms with Crippen LogP contribution in [0.3, 0.4) is 0 Å². The van der Waals surface area contributed by atoms with Gasteiger partial charge in [-0.15, -0.1) is 0 Å². The van der Waals surface area contributed by atoms with Gasteiger partial charge >= 0.3 is 5.97 Å². The molecule has 0 aromatic heterocycles. The molecular weight excluding hydrogens is 436 g/mol. The molecular formula is C27H38O7. The van der Waals surface area contributed by atoms with Gasteiger partial charge in [-0.25, -0.2) is 0 Å². The highest BCUT2D eigenvalue weighted by atomic mass is 16.4. The van der Waals surface area contributed by atoms with Crippen molar-refractivity contribution in [1.82, 2.24) is 0 Å². The molecule has 4 aliphatic rings. The average molecular weight is 475 g/mol. The Hall–Kier alpha value is -1.86. The molecule has 0 aromatic carbocycles. The highest BCUT2D eigenvalue weighted by Crippen LogP contribution is 2.70. The number of carboxylic acids is 1. The van der Waals surface area contributed by atoms with Crippen molar-refractivity contribution in [1.29, 1.82) is 0 Å². The van der Waals surface area contributed by atoms with Crippen molar-refractivity contribution in [2.45, 2.75) is 85.7 Å². The molecule has 2 saturated carbocycles. The van der Waals surface area contributed by atoms with E-state index < -0.39 is 39.7 Å². The van der Waals surface area contributed by atoms with Crippen molar-refractivity contribution in [2.75, 3.05) is 6.61 Å². The highest BCUT2D eigenvalue weighted by Gasteiger charge is 2.70. The Kier molecular flexibility index (Phi) is 5.81. The first-order valence-electron chi connectivity index (χ1n) is 12.5. The van der Waals surface area contributed by atoms with Crippen LogP contribution in [0.15, 0.2) is 11.1 Å². The van der Waals surface area contributed by atoms with E-state index in [9.17, 15) is 29.4 Å². The summed E-state index contributed by atoms with van der Waals surface area (Å²) in [7, 11) is 0. The zero-order valence-corrected chi connectivity index (χ0v) is 20.9. The second-order valence-corrected chi connectivity index (χ2v) is 12.4. The van der Waals surface area contributed by atoms with E-state index in [1.807, 2.05) is 27.7 Å². The summed E-state index contributed by atoms with van der Waals surface area (Å²) >= 11 is 0. The molecule has 0 radical (unpaired) electrons. The fourth-order valence-electron chi connectivity index (χ4n) is 8.43. The molecule has 4 aliphatic carbocycles. The third-order valence-corrected chi connectivity index (χ3v) is 10.8. The number of aliphatic hydroxyl groups is 2. The van der Waals surface area contributed by atoms with Crippen molar-refractivity contribution in [2.24, 2.45) is 39.4 Å². The normalized spacial score (nSPS) is 45.0.